The number of aryl methyl sites for hydroxylation is 1. The maximum absolute atomic E-state index is 11.2. The fourth-order valence-electron chi connectivity index (χ4n) is 2.75. The number of carbonyl (C=O) groups is 1. The van der Waals surface area contributed by atoms with Crippen LogP contribution < -0.4 is 4.90 Å². The van der Waals surface area contributed by atoms with Gasteiger partial charge in [0.25, 0.3) is 5.69 Å². The normalized spacial score (nSPS) is 18.2. The molecule has 0 aliphatic carbocycles. The number of carboxylic acid groups (broad SMARTS) is 1. The van der Waals surface area contributed by atoms with Crippen molar-refractivity contribution in [3.63, 3.8) is 0 Å². The van der Waals surface area contributed by atoms with Crippen LogP contribution in [0.15, 0.2) is 18.2 Å². The molecule has 1 unspecified atom stereocenters. The molecule has 0 spiro atoms. The second-order valence-electron chi connectivity index (χ2n) is 5.23. The van der Waals surface area contributed by atoms with Crippen LogP contribution >= 0.6 is 0 Å². The van der Waals surface area contributed by atoms with Crippen molar-refractivity contribution >= 4 is 17.3 Å². The molecule has 0 bridgehead atoms. The number of anilines is 1. The molecule has 1 atom stereocenters. The van der Waals surface area contributed by atoms with Crippen molar-refractivity contribution in [2.45, 2.75) is 26.2 Å². The van der Waals surface area contributed by atoms with Gasteiger partial charge in [0.2, 0.25) is 0 Å². The number of nitrogens with zero attached hydrogens (tertiary/aromatic N) is 2. The van der Waals surface area contributed by atoms with Crippen molar-refractivity contribution in [2.24, 2.45) is 5.92 Å². The first-order valence-electron chi connectivity index (χ1n) is 6.69. The van der Waals surface area contributed by atoms with Gasteiger partial charge in [-0.3, -0.25) is 14.9 Å². The Kier molecular flexibility index (Phi) is 4.22. The summed E-state index contributed by atoms with van der Waals surface area (Å²) in [6, 6.07) is 5.33. The van der Waals surface area contributed by atoms with Crippen LogP contribution in [0.25, 0.3) is 0 Å². The third-order valence-corrected chi connectivity index (χ3v) is 3.79. The van der Waals surface area contributed by atoms with Crippen LogP contribution in [0.5, 0.6) is 0 Å². The lowest BCUT2D eigenvalue weighted by molar-refractivity contribution is -0.384. The number of para-hydroxylation sites is 1. The summed E-state index contributed by atoms with van der Waals surface area (Å²) in [5, 5.41) is 19.9. The van der Waals surface area contributed by atoms with Crippen LogP contribution in [0.3, 0.4) is 0 Å². The molecule has 0 aromatic heterocycles. The number of hydrogen-bond acceptors (Lipinski definition) is 4. The van der Waals surface area contributed by atoms with Gasteiger partial charge >= 0.3 is 5.97 Å². The van der Waals surface area contributed by atoms with Crippen molar-refractivity contribution in [3.05, 3.63) is 33.9 Å². The number of nitro groups is 1. The first-order chi connectivity index (χ1) is 9.49. The quantitative estimate of drug-likeness (QED) is 0.661. The van der Waals surface area contributed by atoms with E-state index in [4.69, 9.17) is 5.11 Å². The van der Waals surface area contributed by atoms with Gasteiger partial charge in [0, 0.05) is 25.1 Å². The van der Waals surface area contributed by atoms with Crippen molar-refractivity contribution in [1.29, 1.82) is 0 Å². The van der Waals surface area contributed by atoms with Gasteiger partial charge in [-0.05, 0) is 31.7 Å². The molecular formula is C14H18N2O4. The molecule has 1 fully saturated rings. The topological polar surface area (TPSA) is 83.7 Å². The zero-order valence-electron chi connectivity index (χ0n) is 11.4. The summed E-state index contributed by atoms with van der Waals surface area (Å²) >= 11 is 0. The average molecular weight is 278 g/mol. The number of hydrogen-bond donors (Lipinski definition) is 1. The zero-order chi connectivity index (χ0) is 14.7. The standard InChI is InChI=1S/C14H18N2O4/c1-10-3-2-4-12(14(10)16(19)20)15-8-7-11(9-15)5-6-13(17)18/h2-4,11H,5-9H2,1H3,(H,17,18). The summed E-state index contributed by atoms with van der Waals surface area (Å²) in [6.07, 6.45) is 1.68. The number of benzene rings is 1. The van der Waals surface area contributed by atoms with Gasteiger partial charge < -0.3 is 10.0 Å². The third-order valence-electron chi connectivity index (χ3n) is 3.79. The molecule has 1 aromatic rings. The van der Waals surface area contributed by atoms with Gasteiger partial charge in [0.1, 0.15) is 5.69 Å². The Balaban J connectivity index is 2.12. The molecule has 6 nitrogen and oxygen atoms in total. The van der Waals surface area contributed by atoms with E-state index < -0.39 is 5.97 Å². The summed E-state index contributed by atoms with van der Waals surface area (Å²) < 4.78 is 0. The van der Waals surface area contributed by atoms with Crippen molar-refractivity contribution < 1.29 is 14.8 Å². The predicted molar refractivity (Wildman–Crippen MR) is 75.0 cm³/mol. The van der Waals surface area contributed by atoms with Crippen LogP contribution in [-0.4, -0.2) is 29.1 Å². The molecule has 6 heteroatoms. The summed E-state index contributed by atoms with van der Waals surface area (Å²) in [5.74, 6) is -0.490. The Morgan fingerprint density at radius 1 is 1.55 bits per heavy atom. The van der Waals surface area contributed by atoms with E-state index in [0.29, 0.717) is 30.1 Å². The maximum atomic E-state index is 11.2. The van der Waals surface area contributed by atoms with E-state index in [2.05, 4.69) is 0 Å². The van der Waals surface area contributed by atoms with E-state index in [1.54, 1.807) is 19.1 Å². The summed E-state index contributed by atoms with van der Waals surface area (Å²) in [6.45, 7) is 3.17. The van der Waals surface area contributed by atoms with Crippen LogP contribution in [0.1, 0.15) is 24.8 Å². The predicted octanol–water partition coefficient (Wildman–Crippen LogP) is 2.59. The Morgan fingerprint density at radius 2 is 2.30 bits per heavy atom. The first kappa shape index (κ1) is 14.3. The molecule has 0 amide bonds. The SMILES string of the molecule is Cc1cccc(N2CCC(CCC(=O)O)C2)c1[N+](=O)[O-]. The van der Waals surface area contributed by atoms with Crippen LogP contribution in [0.4, 0.5) is 11.4 Å². The number of rotatable bonds is 5. The molecule has 1 N–H and O–H groups in total. The fraction of sp³-hybridized carbons (Fsp3) is 0.500. The largest absolute Gasteiger partial charge is 0.481 e. The lowest BCUT2D eigenvalue weighted by atomic mass is 10.0. The zero-order valence-corrected chi connectivity index (χ0v) is 11.4. The highest BCUT2D eigenvalue weighted by Gasteiger charge is 2.28. The Hall–Kier alpha value is -2.11. The van der Waals surface area contributed by atoms with Crippen molar-refractivity contribution in [3.8, 4) is 0 Å². The number of carboxylic acids is 1. The van der Waals surface area contributed by atoms with Crippen LogP contribution in [-0.2, 0) is 4.79 Å². The first-order valence-corrected chi connectivity index (χ1v) is 6.69. The van der Waals surface area contributed by atoms with Gasteiger partial charge in [0.05, 0.1) is 4.92 Å². The molecule has 1 aliphatic heterocycles. The molecule has 1 aromatic carbocycles. The summed E-state index contributed by atoms with van der Waals surface area (Å²) in [4.78, 5) is 23.4. The minimum atomic E-state index is -0.787. The Bertz CT molecular complexity index is 530. The van der Waals surface area contributed by atoms with E-state index >= 15 is 0 Å². The minimum Gasteiger partial charge on any atom is -0.481 e. The summed E-state index contributed by atoms with van der Waals surface area (Å²) in [7, 11) is 0. The molecule has 108 valence electrons. The molecule has 1 heterocycles. The average Bonchev–Trinajstić information content (AvgIpc) is 2.84. The Morgan fingerprint density at radius 3 is 2.95 bits per heavy atom. The lowest BCUT2D eigenvalue weighted by Gasteiger charge is -2.19. The Labute approximate surface area is 117 Å². The second-order valence-corrected chi connectivity index (χ2v) is 5.23. The van der Waals surface area contributed by atoms with Gasteiger partial charge in [0.15, 0.2) is 0 Å². The van der Waals surface area contributed by atoms with Gasteiger partial charge in [-0.2, -0.15) is 0 Å². The molecule has 20 heavy (non-hydrogen) atoms. The minimum absolute atomic E-state index is 0.159. The number of nitro benzene ring substituents is 1. The highest BCUT2D eigenvalue weighted by atomic mass is 16.6. The van der Waals surface area contributed by atoms with Gasteiger partial charge in [-0.25, -0.2) is 0 Å². The number of aliphatic carboxylic acids is 1. The van der Waals surface area contributed by atoms with Crippen molar-refractivity contribution in [1.82, 2.24) is 0 Å². The van der Waals surface area contributed by atoms with Gasteiger partial charge in [-0.15, -0.1) is 0 Å². The molecule has 2 rings (SSSR count). The molecule has 1 saturated heterocycles. The second kappa shape index (κ2) is 5.90. The van der Waals surface area contributed by atoms with E-state index in [-0.39, 0.29) is 17.0 Å². The van der Waals surface area contributed by atoms with Gasteiger partial charge in [-0.1, -0.05) is 12.1 Å². The third kappa shape index (κ3) is 3.07. The van der Waals surface area contributed by atoms with E-state index in [1.807, 2.05) is 11.0 Å². The smallest absolute Gasteiger partial charge is 0.303 e. The highest BCUT2D eigenvalue weighted by Crippen LogP contribution is 2.35. The molecular weight excluding hydrogens is 260 g/mol. The summed E-state index contributed by atoms with van der Waals surface area (Å²) in [5.41, 5.74) is 1.46. The van der Waals surface area contributed by atoms with E-state index in [1.165, 1.54) is 0 Å². The lowest BCUT2D eigenvalue weighted by Crippen LogP contribution is -2.21. The maximum Gasteiger partial charge on any atom is 0.303 e. The molecule has 1 aliphatic rings. The van der Waals surface area contributed by atoms with E-state index in [0.717, 1.165) is 13.0 Å². The molecule has 0 radical (unpaired) electrons. The highest BCUT2D eigenvalue weighted by molar-refractivity contribution is 5.67. The van der Waals surface area contributed by atoms with E-state index in [9.17, 15) is 14.9 Å². The monoisotopic (exact) mass is 278 g/mol. The fourth-order valence-corrected chi connectivity index (χ4v) is 2.75. The van der Waals surface area contributed by atoms with Crippen molar-refractivity contribution in [2.75, 3.05) is 18.0 Å². The van der Waals surface area contributed by atoms with Crippen LogP contribution in [0.2, 0.25) is 0 Å². The molecule has 0 saturated carbocycles. The van der Waals surface area contributed by atoms with Crippen LogP contribution in [0, 0.1) is 23.0 Å².